The zero-order valence-corrected chi connectivity index (χ0v) is 19.1. The van der Waals surface area contributed by atoms with Gasteiger partial charge < -0.3 is 4.74 Å². The van der Waals surface area contributed by atoms with Crippen molar-refractivity contribution in [1.82, 2.24) is 0 Å². The minimum absolute atomic E-state index is 0.565. The van der Waals surface area contributed by atoms with Crippen LogP contribution < -0.4 is 0 Å². The molecule has 1 aromatic carbocycles. The van der Waals surface area contributed by atoms with Crippen LogP contribution in [0.2, 0.25) is 0 Å². The van der Waals surface area contributed by atoms with Crippen molar-refractivity contribution < 1.29 is 48.9 Å². The van der Waals surface area contributed by atoms with E-state index in [-0.39, 0.29) is 0 Å². The molecule has 0 saturated carbocycles. The largest absolute Gasteiger partial charge is 0.457 e. The van der Waals surface area contributed by atoms with Gasteiger partial charge in [-0.1, -0.05) is 29.8 Å². The summed E-state index contributed by atoms with van der Waals surface area (Å²) in [6.45, 7) is -0.291. The van der Waals surface area contributed by atoms with Crippen LogP contribution in [0.25, 0.3) is 0 Å². The summed E-state index contributed by atoms with van der Waals surface area (Å²) in [5, 5.41) is 0. The van der Waals surface area contributed by atoms with E-state index < -0.39 is 75.7 Å². The van der Waals surface area contributed by atoms with Crippen molar-refractivity contribution in [2.45, 2.75) is 33.8 Å². The molecule has 0 heterocycles. The molecule has 0 aliphatic heterocycles. The van der Waals surface area contributed by atoms with E-state index in [4.69, 9.17) is 4.74 Å². The molecule has 12 heteroatoms. The number of hydrogen-bond acceptors (Lipinski definition) is 6. The number of rotatable bonds is 11. The zero-order chi connectivity index (χ0) is 25.6. The first-order valence-electron chi connectivity index (χ1n) is 9.44. The van der Waals surface area contributed by atoms with Gasteiger partial charge >= 0.3 is 5.97 Å². The fourth-order valence-corrected chi connectivity index (χ4v) is 3.28. The third-order valence-corrected chi connectivity index (χ3v) is 6.10. The van der Waals surface area contributed by atoms with Crippen molar-refractivity contribution in [3.05, 3.63) is 57.8 Å². The number of allylic oxidation sites excluding steroid dienone is 4. The van der Waals surface area contributed by atoms with Crippen molar-refractivity contribution in [2.24, 2.45) is 5.41 Å². The molecule has 1 aromatic rings. The highest BCUT2D eigenvalue weighted by atomic mass is 32.2. The monoisotopic (exact) mass is 498 g/mol. The van der Waals surface area contributed by atoms with Crippen molar-refractivity contribution in [3.8, 4) is 0 Å². The molecule has 0 fully saturated rings. The second-order valence-electron chi connectivity index (χ2n) is 7.29. The van der Waals surface area contributed by atoms with E-state index in [1.54, 1.807) is 24.3 Å². The fourth-order valence-electron chi connectivity index (χ4n) is 2.30. The average Bonchev–Trinajstić information content (AvgIpc) is 2.76. The Kier molecular flexibility index (Phi) is 9.91. The van der Waals surface area contributed by atoms with Crippen LogP contribution >= 0.6 is 0 Å². The Morgan fingerprint density at radius 2 is 1.58 bits per heavy atom. The molecule has 2 atom stereocenters. The van der Waals surface area contributed by atoms with Gasteiger partial charge in [-0.05, 0) is 33.3 Å². The van der Waals surface area contributed by atoms with E-state index in [1.807, 2.05) is 6.92 Å². The fraction of sp³-hybridized carbons (Fsp3) is 0.429. The number of halogens is 5. The lowest BCUT2D eigenvalue weighted by atomic mass is 9.87. The third kappa shape index (κ3) is 6.94. The lowest BCUT2D eigenvalue weighted by molar-refractivity contribution is -0.165. The Hall–Kier alpha value is -2.60. The third-order valence-electron chi connectivity index (χ3n) is 4.78. The van der Waals surface area contributed by atoms with Gasteiger partial charge in [-0.3, -0.25) is 13.8 Å². The van der Waals surface area contributed by atoms with Gasteiger partial charge in [-0.25, -0.2) is 22.0 Å². The number of ether oxygens (including phenoxy) is 1. The molecule has 0 saturated heterocycles. The molecule has 0 radical (unpaired) electrons. The van der Waals surface area contributed by atoms with Gasteiger partial charge in [-0.2, -0.15) is 8.42 Å². The summed E-state index contributed by atoms with van der Waals surface area (Å²) in [5.74, 6) is -9.49. The van der Waals surface area contributed by atoms with E-state index in [0.29, 0.717) is 5.56 Å². The Labute approximate surface area is 188 Å². The summed E-state index contributed by atoms with van der Waals surface area (Å²) < 4.78 is 99.5. The Balaban J connectivity index is 3.16. The van der Waals surface area contributed by atoms with Crippen LogP contribution in [-0.2, 0) is 28.6 Å². The number of ketones is 1. The summed E-state index contributed by atoms with van der Waals surface area (Å²) in [5.41, 5.74) is -0.732. The van der Waals surface area contributed by atoms with Crippen LogP contribution in [0.3, 0.4) is 0 Å². The summed E-state index contributed by atoms with van der Waals surface area (Å²) in [4.78, 5) is 22.8. The minimum atomic E-state index is -5.44. The first-order chi connectivity index (χ1) is 15.2. The van der Waals surface area contributed by atoms with Gasteiger partial charge in [0.25, 0.3) is 10.1 Å². The highest BCUT2D eigenvalue weighted by Gasteiger charge is 2.43. The van der Waals surface area contributed by atoms with Gasteiger partial charge in [-0.15, -0.1) is 0 Å². The quantitative estimate of drug-likeness (QED) is 0.143. The van der Waals surface area contributed by atoms with E-state index in [0.717, 1.165) is 19.4 Å². The van der Waals surface area contributed by atoms with Crippen LogP contribution in [0, 0.1) is 12.3 Å². The highest BCUT2D eigenvalue weighted by molar-refractivity contribution is 7.90. The zero-order valence-electron chi connectivity index (χ0n) is 18.3. The molecule has 0 aromatic heterocycles. The van der Waals surface area contributed by atoms with Gasteiger partial charge in [0.05, 0.1) is 6.61 Å². The Morgan fingerprint density at radius 1 is 1.03 bits per heavy atom. The lowest BCUT2D eigenvalue weighted by Gasteiger charge is -2.26. The highest BCUT2D eigenvalue weighted by Crippen LogP contribution is 2.30. The number of benzene rings is 1. The molecule has 0 amide bonds. The maximum atomic E-state index is 13.9. The standard InChI is InChI=1S/C21H23F5O6S/c1-12-5-7-15(8-6-12)13(2)32-20(28)21(4,14(3)27)11-31-33(29,30)17(10-23)19(26)18(25)16(24)9-22/h5-8,13H,9-11H2,1-4H3. The molecular formula is C21H23F5O6S. The number of carbonyl (C=O) groups excluding carboxylic acids is 2. The molecule has 184 valence electrons. The molecule has 0 aliphatic carbocycles. The van der Waals surface area contributed by atoms with Crippen LogP contribution in [-0.4, -0.2) is 40.1 Å². The van der Waals surface area contributed by atoms with E-state index in [9.17, 15) is 40.0 Å². The smallest absolute Gasteiger partial charge is 0.322 e. The topological polar surface area (TPSA) is 86.7 Å². The van der Waals surface area contributed by atoms with Crippen molar-refractivity contribution >= 4 is 21.9 Å². The maximum Gasteiger partial charge on any atom is 0.322 e. The summed E-state index contributed by atoms with van der Waals surface area (Å²) in [7, 11) is -5.44. The maximum absolute atomic E-state index is 13.9. The van der Waals surface area contributed by atoms with Crippen LogP contribution in [0.1, 0.15) is 38.0 Å². The van der Waals surface area contributed by atoms with E-state index >= 15 is 0 Å². The van der Waals surface area contributed by atoms with Crippen LogP contribution in [0.15, 0.2) is 46.7 Å². The molecule has 2 unspecified atom stereocenters. The molecule has 1 rings (SSSR count). The molecule has 0 spiro atoms. The molecule has 0 N–H and O–H groups in total. The second kappa shape index (κ2) is 11.5. The van der Waals surface area contributed by atoms with Gasteiger partial charge in [0.1, 0.15) is 35.6 Å². The van der Waals surface area contributed by atoms with Gasteiger partial charge in [0.15, 0.2) is 17.5 Å². The second-order valence-corrected chi connectivity index (χ2v) is 8.92. The predicted molar refractivity (Wildman–Crippen MR) is 109 cm³/mol. The first-order valence-corrected chi connectivity index (χ1v) is 10.8. The average molecular weight is 498 g/mol. The van der Waals surface area contributed by atoms with E-state index in [2.05, 4.69) is 4.18 Å². The number of aryl methyl sites for hydroxylation is 1. The lowest BCUT2D eigenvalue weighted by Crippen LogP contribution is -2.42. The Morgan fingerprint density at radius 3 is 2.03 bits per heavy atom. The van der Waals surface area contributed by atoms with E-state index in [1.165, 1.54) is 6.92 Å². The van der Waals surface area contributed by atoms with Gasteiger partial charge in [0, 0.05) is 0 Å². The van der Waals surface area contributed by atoms with Crippen molar-refractivity contribution in [1.29, 1.82) is 0 Å². The molecule has 0 aliphatic rings. The number of carbonyl (C=O) groups is 2. The summed E-state index contributed by atoms with van der Waals surface area (Å²) in [6.07, 6.45) is -0.852. The first kappa shape index (κ1) is 28.4. The summed E-state index contributed by atoms with van der Waals surface area (Å²) >= 11 is 0. The number of alkyl halides is 2. The van der Waals surface area contributed by atoms with Crippen molar-refractivity contribution in [2.75, 3.05) is 20.0 Å². The Bertz CT molecular complexity index is 1050. The molecular weight excluding hydrogens is 475 g/mol. The number of esters is 1. The van der Waals surface area contributed by atoms with Crippen molar-refractivity contribution in [3.63, 3.8) is 0 Å². The van der Waals surface area contributed by atoms with Crippen LogP contribution in [0.5, 0.6) is 0 Å². The minimum Gasteiger partial charge on any atom is -0.457 e. The predicted octanol–water partition coefficient (Wildman–Crippen LogP) is 4.81. The molecule has 0 bridgehead atoms. The SMILES string of the molecule is CC(=O)C(C)(COS(=O)(=O)C(CF)=C(F)C(F)=C(F)CF)C(=O)OC(C)c1ccc(C)cc1. The normalized spacial score (nSPS) is 16.3. The summed E-state index contributed by atoms with van der Waals surface area (Å²) in [6, 6.07) is 6.83. The van der Waals surface area contributed by atoms with Crippen LogP contribution in [0.4, 0.5) is 22.0 Å². The molecule has 33 heavy (non-hydrogen) atoms. The number of hydrogen-bond donors (Lipinski definition) is 0. The number of Topliss-reactive ketones (excluding diaryl/α,β-unsaturated/α-hetero) is 1. The van der Waals surface area contributed by atoms with Gasteiger partial charge in [0.2, 0.25) is 0 Å². The molecule has 6 nitrogen and oxygen atoms in total.